The van der Waals surface area contributed by atoms with Crippen LogP contribution in [-0.2, 0) is 25.6 Å². The van der Waals surface area contributed by atoms with Gasteiger partial charge in [-0.1, -0.05) is 50.2 Å². The van der Waals surface area contributed by atoms with E-state index < -0.39 is 18.1 Å². The van der Waals surface area contributed by atoms with Crippen LogP contribution in [0.2, 0.25) is 0 Å². The van der Waals surface area contributed by atoms with E-state index in [-0.39, 0.29) is 11.7 Å². The fraction of sp³-hybridized carbons (Fsp3) is 0.391. The number of aliphatic hydroxyl groups is 1. The molecule has 0 aliphatic carbocycles. The van der Waals surface area contributed by atoms with Crippen LogP contribution in [0.4, 0.5) is 5.69 Å². The van der Waals surface area contributed by atoms with E-state index in [2.05, 4.69) is 4.74 Å². The molecule has 0 bridgehead atoms. The highest BCUT2D eigenvalue weighted by Crippen LogP contribution is 2.24. The van der Waals surface area contributed by atoms with E-state index in [0.29, 0.717) is 6.54 Å². The molecule has 2 unspecified atom stereocenters. The number of carbonyl (C=O) groups is 2. The predicted molar refractivity (Wildman–Crippen MR) is 117 cm³/mol. The monoisotopic (exact) mass is 419 g/mol. The Bertz CT molecular complexity index is 748. The Balaban J connectivity index is 0.000000795. The molecule has 2 N–H and O–H groups in total. The number of hydrogen-bond donors (Lipinski definition) is 2. The van der Waals surface area contributed by atoms with E-state index in [1.54, 1.807) is 19.1 Å². The Morgan fingerprint density at radius 3 is 1.83 bits per heavy atom. The van der Waals surface area contributed by atoms with E-state index in [0.717, 1.165) is 11.3 Å². The zero-order valence-electron chi connectivity index (χ0n) is 18.5. The van der Waals surface area contributed by atoms with Gasteiger partial charge in [0.1, 0.15) is 17.9 Å². The Labute approximate surface area is 178 Å². The topological polar surface area (TPSA) is 96.3 Å². The molecule has 166 valence electrons. The maximum atomic E-state index is 11.9. The van der Waals surface area contributed by atoms with Crippen molar-refractivity contribution >= 4 is 17.6 Å². The van der Waals surface area contributed by atoms with Gasteiger partial charge < -0.3 is 24.6 Å². The second-order valence-corrected chi connectivity index (χ2v) is 5.99. The van der Waals surface area contributed by atoms with Crippen LogP contribution >= 0.6 is 0 Å². The van der Waals surface area contributed by atoms with Crippen LogP contribution in [-0.4, -0.2) is 48.5 Å². The molecule has 0 aliphatic heterocycles. The number of benzene rings is 2. The highest BCUT2D eigenvalue weighted by atomic mass is 16.5. The van der Waals surface area contributed by atoms with Gasteiger partial charge in [-0.3, -0.25) is 0 Å². The third kappa shape index (κ3) is 8.96. The first-order valence-corrected chi connectivity index (χ1v) is 9.74. The molecule has 0 spiro atoms. The number of phenolic OH excluding ortho intramolecular Hbond substituents is 1. The third-order valence-electron chi connectivity index (χ3n) is 3.97. The lowest BCUT2D eigenvalue weighted by Crippen LogP contribution is -2.39. The maximum Gasteiger partial charge on any atom is 0.334 e. The minimum Gasteiger partial charge on any atom is -0.508 e. The van der Waals surface area contributed by atoms with Crippen LogP contribution in [0.15, 0.2) is 54.6 Å². The van der Waals surface area contributed by atoms with Gasteiger partial charge in [0.25, 0.3) is 0 Å². The quantitative estimate of drug-likeness (QED) is 0.692. The third-order valence-corrected chi connectivity index (χ3v) is 3.97. The smallest absolute Gasteiger partial charge is 0.334 e. The molecule has 0 saturated carbocycles. The number of carbonyl (C=O) groups excluding carboxylic acids is 2. The van der Waals surface area contributed by atoms with Crippen LogP contribution in [0.1, 0.15) is 33.3 Å². The number of nitrogens with zero attached hydrogens (tertiary/aromatic N) is 1. The van der Waals surface area contributed by atoms with Crippen molar-refractivity contribution < 1.29 is 29.3 Å². The van der Waals surface area contributed by atoms with Crippen LogP contribution in [0.3, 0.4) is 0 Å². The number of hydrogen-bond acceptors (Lipinski definition) is 7. The standard InChI is InChI=1S/C17H19NO3.C4H8O3.C2H6/c1-13(17(20)21-2)18(15-9-4-3-5-10-15)12-14-8-6-7-11-16(14)19;1-3(5)4(6)7-2;1-2/h3-11,13,19H,12H2,1-2H3;3,5H,1-2H3;1-2H3. The molecule has 0 saturated heterocycles. The summed E-state index contributed by atoms with van der Waals surface area (Å²) in [6.07, 6.45) is -0.995. The minimum atomic E-state index is -0.995. The molecule has 0 amide bonds. The van der Waals surface area contributed by atoms with Gasteiger partial charge in [0, 0.05) is 17.8 Å². The second kappa shape index (κ2) is 14.9. The van der Waals surface area contributed by atoms with Crippen molar-refractivity contribution in [1.29, 1.82) is 0 Å². The molecule has 0 aliphatic rings. The molecule has 0 radical (unpaired) electrons. The van der Waals surface area contributed by atoms with Gasteiger partial charge in [0.2, 0.25) is 0 Å². The van der Waals surface area contributed by atoms with Crippen molar-refractivity contribution in [1.82, 2.24) is 0 Å². The number of ether oxygens (including phenoxy) is 2. The number of phenols is 1. The van der Waals surface area contributed by atoms with Crippen molar-refractivity contribution in [3.63, 3.8) is 0 Å². The number of methoxy groups -OCH3 is 2. The first-order chi connectivity index (χ1) is 14.3. The van der Waals surface area contributed by atoms with E-state index in [1.807, 2.05) is 61.2 Å². The fourth-order valence-corrected chi connectivity index (χ4v) is 2.37. The summed E-state index contributed by atoms with van der Waals surface area (Å²) >= 11 is 0. The van der Waals surface area contributed by atoms with Gasteiger partial charge in [-0.25, -0.2) is 9.59 Å². The molecule has 2 atom stereocenters. The van der Waals surface area contributed by atoms with E-state index in [4.69, 9.17) is 9.84 Å². The van der Waals surface area contributed by atoms with Crippen molar-refractivity contribution in [3.05, 3.63) is 60.2 Å². The summed E-state index contributed by atoms with van der Waals surface area (Å²) in [5.41, 5.74) is 1.66. The Morgan fingerprint density at radius 1 is 0.900 bits per heavy atom. The highest BCUT2D eigenvalue weighted by Gasteiger charge is 2.23. The number of aromatic hydroxyl groups is 1. The van der Waals surface area contributed by atoms with Crippen molar-refractivity contribution in [2.45, 2.75) is 46.4 Å². The molecular weight excluding hydrogens is 386 g/mol. The molecule has 0 fully saturated rings. The van der Waals surface area contributed by atoms with E-state index in [9.17, 15) is 14.7 Å². The van der Waals surface area contributed by atoms with Gasteiger partial charge in [-0.15, -0.1) is 0 Å². The van der Waals surface area contributed by atoms with Crippen LogP contribution < -0.4 is 4.90 Å². The summed E-state index contributed by atoms with van der Waals surface area (Å²) in [7, 11) is 2.61. The lowest BCUT2D eigenvalue weighted by atomic mass is 10.1. The molecule has 7 heteroatoms. The SMILES string of the molecule is CC.COC(=O)C(C)N(Cc1ccccc1O)c1ccccc1.COC(=O)C(C)O. The molecule has 30 heavy (non-hydrogen) atoms. The second-order valence-electron chi connectivity index (χ2n) is 5.99. The van der Waals surface area contributed by atoms with Crippen LogP contribution in [0.5, 0.6) is 5.75 Å². The summed E-state index contributed by atoms with van der Waals surface area (Å²) in [6, 6.07) is 16.3. The number of anilines is 1. The Kier molecular flexibility index (Phi) is 13.4. The lowest BCUT2D eigenvalue weighted by Gasteiger charge is -2.29. The first-order valence-electron chi connectivity index (χ1n) is 9.74. The Hall–Kier alpha value is -3.06. The molecule has 0 aromatic heterocycles. The van der Waals surface area contributed by atoms with E-state index in [1.165, 1.54) is 21.1 Å². The lowest BCUT2D eigenvalue weighted by molar-refractivity contribution is -0.149. The number of para-hydroxylation sites is 2. The summed E-state index contributed by atoms with van der Waals surface area (Å²) in [4.78, 5) is 23.8. The zero-order chi connectivity index (χ0) is 23.1. The molecule has 2 aromatic carbocycles. The van der Waals surface area contributed by atoms with Gasteiger partial charge in [0.05, 0.1) is 14.2 Å². The maximum absolute atomic E-state index is 11.9. The predicted octanol–water partition coefficient (Wildman–Crippen LogP) is 3.53. The zero-order valence-corrected chi connectivity index (χ0v) is 18.5. The summed E-state index contributed by atoms with van der Waals surface area (Å²) in [5.74, 6) is -0.690. The number of rotatable bonds is 6. The van der Waals surface area contributed by atoms with Crippen LogP contribution in [0, 0.1) is 0 Å². The Morgan fingerprint density at radius 2 is 1.40 bits per heavy atom. The van der Waals surface area contributed by atoms with Crippen LogP contribution in [0.25, 0.3) is 0 Å². The van der Waals surface area contributed by atoms with Gasteiger partial charge in [-0.2, -0.15) is 0 Å². The van der Waals surface area contributed by atoms with E-state index >= 15 is 0 Å². The average molecular weight is 420 g/mol. The summed E-state index contributed by atoms with van der Waals surface area (Å²) in [5, 5.41) is 18.3. The van der Waals surface area contributed by atoms with Gasteiger partial charge in [-0.05, 0) is 32.0 Å². The van der Waals surface area contributed by atoms with Crippen molar-refractivity contribution in [3.8, 4) is 5.75 Å². The number of esters is 2. The minimum absolute atomic E-state index is 0.218. The number of aliphatic hydroxyl groups excluding tert-OH is 1. The summed E-state index contributed by atoms with van der Waals surface area (Å²) < 4.78 is 8.96. The molecular formula is C23H33NO6. The summed E-state index contributed by atoms with van der Waals surface area (Å²) in [6.45, 7) is 7.57. The highest BCUT2D eigenvalue weighted by molar-refractivity contribution is 5.79. The molecule has 0 heterocycles. The largest absolute Gasteiger partial charge is 0.508 e. The first kappa shape index (κ1) is 26.9. The van der Waals surface area contributed by atoms with Crippen molar-refractivity contribution in [2.75, 3.05) is 19.1 Å². The normalized spacial score (nSPS) is 11.4. The average Bonchev–Trinajstić information content (AvgIpc) is 2.79. The molecule has 2 rings (SSSR count). The molecule has 2 aromatic rings. The van der Waals surface area contributed by atoms with Crippen molar-refractivity contribution in [2.24, 2.45) is 0 Å². The van der Waals surface area contributed by atoms with Gasteiger partial charge >= 0.3 is 11.9 Å². The fourth-order valence-electron chi connectivity index (χ4n) is 2.37. The molecule has 7 nitrogen and oxygen atoms in total. The van der Waals surface area contributed by atoms with Gasteiger partial charge in [0.15, 0.2) is 0 Å².